The Morgan fingerprint density at radius 2 is 1.12 bits per heavy atom. The number of para-hydroxylation sites is 4. The minimum absolute atomic E-state index is 0.0622. The Morgan fingerprint density at radius 3 is 1.55 bits per heavy atom. The first-order valence-electron chi connectivity index (χ1n) is 15.6. The van der Waals surface area contributed by atoms with Gasteiger partial charge in [0.15, 0.2) is 0 Å². The summed E-state index contributed by atoms with van der Waals surface area (Å²) in [6.07, 6.45) is 0.0908. The maximum atomic E-state index is 13.2. The number of aliphatic hydroxyl groups excluding tert-OH is 2. The number of rotatable bonds is 12. The molecule has 2 aliphatic heterocycles. The monoisotopic (exact) mass is 711 g/mol. The van der Waals surface area contributed by atoms with Crippen molar-refractivity contribution < 1.29 is 36.5 Å². The number of likely N-dealkylation sites (N-methyl/N-ethyl adjacent to an activating group) is 1. The van der Waals surface area contributed by atoms with E-state index in [2.05, 4.69) is 5.32 Å². The molecule has 2 heterocycles. The highest BCUT2D eigenvalue weighted by Gasteiger charge is 2.42. The second-order valence-corrected chi connectivity index (χ2v) is 14.5. The fourth-order valence-corrected chi connectivity index (χ4v) is 9.16. The first-order chi connectivity index (χ1) is 23.6. The topological polar surface area (TPSA) is 152 Å². The smallest absolute Gasteiger partial charge is 0.330 e. The van der Waals surface area contributed by atoms with Crippen LogP contribution in [0.5, 0.6) is 11.5 Å². The summed E-state index contributed by atoms with van der Waals surface area (Å²) in [4.78, 5) is 0. The van der Waals surface area contributed by atoms with Crippen LogP contribution in [0.3, 0.4) is 0 Å². The van der Waals surface area contributed by atoms with Crippen molar-refractivity contribution in [3.05, 3.63) is 97.1 Å². The van der Waals surface area contributed by atoms with Crippen LogP contribution in [0.2, 0.25) is 0 Å². The number of hydrogen-bond donors (Lipinski definition) is 3. The number of nitrogens with zero attached hydrogens (tertiary/aromatic N) is 4. The molecule has 1 atom stereocenters. The van der Waals surface area contributed by atoms with Crippen LogP contribution in [0.1, 0.15) is 12.8 Å². The Hall–Kier alpha value is -4.54. The fourth-order valence-electron chi connectivity index (χ4n) is 5.70. The van der Waals surface area contributed by atoms with Gasteiger partial charge in [0, 0.05) is 38.4 Å². The van der Waals surface area contributed by atoms with E-state index < -0.39 is 26.5 Å². The maximum Gasteiger partial charge on any atom is 0.330 e. The number of ether oxygens (including phenoxy) is 2. The van der Waals surface area contributed by atoms with E-state index in [4.69, 9.17) is 14.6 Å². The molecule has 0 fully saturated rings. The van der Waals surface area contributed by atoms with Gasteiger partial charge >= 0.3 is 20.4 Å². The molecule has 0 spiro atoms. The average Bonchev–Trinajstić information content (AvgIpc) is 3.47. The van der Waals surface area contributed by atoms with E-state index >= 15 is 0 Å². The molecule has 0 saturated carbocycles. The minimum atomic E-state index is -3.80. The number of methoxy groups -OCH3 is 2. The van der Waals surface area contributed by atoms with Crippen molar-refractivity contribution in [1.82, 2.24) is 5.32 Å². The zero-order valence-electron chi connectivity index (χ0n) is 27.5. The molecule has 0 unspecified atom stereocenters. The molecule has 13 nitrogen and oxygen atoms in total. The summed E-state index contributed by atoms with van der Waals surface area (Å²) < 4.78 is 68.2. The van der Waals surface area contributed by atoms with Crippen molar-refractivity contribution in [2.45, 2.75) is 18.9 Å². The number of fused-ring (bicyclic) bond motifs is 2. The molecule has 15 heteroatoms. The Labute approximate surface area is 287 Å². The quantitative estimate of drug-likeness (QED) is 0.197. The van der Waals surface area contributed by atoms with Crippen LogP contribution < -0.4 is 32.0 Å². The fraction of sp³-hybridized carbons (Fsp3) is 0.294. The number of anilines is 6. The van der Waals surface area contributed by atoms with Gasteiger partial charge in [-0.05, 0) is 68.4 Å². The van der Waals surface area contributed by atoms with Crippen LogP contribution in [0, 0.1) is 0 Å². The van der Waals surface area contributed by atoms with Crippen molar-refractivity contribution in [1.29, 1.82) is 0 Å². The molecule has 4 aromatic carbocycles. The van der Waals surface area contributed by atoms with Crippen LogP contribution in [0.15, 0.2) is 97.1 Å². The van der Waals surface area contributed by atoms with E-state index in [-0.39, 0.29) is 19.7 Å². The van der Waals surface area contributed by atoms with Crippen LogP contribution in [0.25, 0.3) is 0 Å². The van der Waals surface area contributed by atoms with Crippen molar-refractivity contribution in [3.63, 3.8) is 0 Å². The molecule has 0 aromatic heterocycles. The van der Waals surface area contributed by atoms with Gasteiger partial charge in [0.2, 0.25) is 0 Å². The molecule has 0 saturated heterocycles. The summed E-state index contributed by atoms with van der Waals surface area (Å²) in [5.41, 5.74) is 3.43. The standard InChI is InChI=1S/C18H23N3O4S.C16H18N2O4S/c1-19-13-15(22)10-11-20-17-8-3-4-9-18(17)21(26(20,23)24)14-6-5-7-16(12-14)25-2;1-22-14-7-4-6-13(12-14)18-16-9-3-2-8-15(16)17(10-5-11-19)23(18,20)21/h3-9,12,15,19,22H,10-11,13H2,1-2H3;2-4,6-9,12,19H,5,10-11H2,1H3/t15-;/m0./s1. The lowest BCUT2D eigenvalue weighted by Crippen LogP contribution is -2.38. The van der Waals surface area contributed by atoms with E-state index in [1.165, 1.54) is 17.2 Å². The zero-order valence-corrected chi connectivity index (χ0v) is 29.1. The van der Waals surface area contributed by atoms with E-state index in [1.54, 1.807) is 118 Å². The lowest BCUT2D eigenvalue weighted by atomic mass is 10.2. The van der Waals surface area contributed by atoms with Crippen LogP contribution in [-0.4, -0.2) is 80.7 Å². The van der Waals surface area contributed by atoms with Crippen molar-refractivity contribution in [2.24, 2.45) is 0 Å². The lowest BCUT2D eigenvalue weighted by Gasteiger charge is -2.23. The largest absolute Gasteiger partial charge is 0.497 e. The van der Waals surface area contributed by atoms with E-state index in [1.807, 2.05) is 0 Å². The molecule has 0 amide bonds. The van der Waals surface area contributed by atoms with E-state index in [0.717, 1.165) is 0 Å². The van der Waals surface area contributed by atoms with Crippen molar-refractivity contribution in [2.75, 3.05) is 64.7 Å². The third-order valence-electron chi connectivity index (χ3n) is 7.96. The van der Waals surface area contributed by atoms with E-state index in [9.17, 15) is 21.9 Å². The highest BCUT2D eigenvalue weighted by Crippen LogP contribution is 2.47. The van der Waals surface area contributed by atoms with Gasteiger partial charge in [0.1, 0.15) is 11.5 Å². The van der Waals surface area contributed by atoms with Gasteiger partial charge in [-0.25, -0.2) is 8.61 Å². The normalized spacial score (nSPS) is 16.0. The summed E-state index contributed by atoms with van der Waals surface area (Å²) in [6.45, 7) is 0.779. The predicted molar refractivity (Wildman–Crippen MR) is 192 cm³/mol. The van der Waals surface area contributed by atoms with Gasteiger partial charge in [0.05, 0.1) is 54.4 Å². The molecular weight excluding hydrogens is 671 g/mol. The van der Waals surface area contributed by atoms with Gasteiger partial charge < -0.3 is 25.0 Å². The predicted octanol–water partition coefficient (Wildman–Crippen LogP) is 4.15. The number of nitrogens with one attached hydrogen (secondary N) is 1. The molecular formula is C34H41N5O8S2. The number of benzene rings is 4. The second-order valence-electron chi connectivity index (χ2n) is 11.1. The maximum absolute atomic E-state index is 13.2. The van der Waals surface area contributed by atoms with Crippen LogP contribution >= 0.6 is 0 Å². The third kappa shape index (κ3) is 7.26. The van der Waals surface area contributed by atoms with Gasteiger partial charge in [0.25, 0.3) is 0 Å². The number of hydrogen-bond acceptors (Lipinski definition) is 9. The molecule has 4 aromatic rings. The molecule has 0 radical (unpaired) electrons. The first kappa shape index (κ1) is 35.8. The molecule has 0 aliphatic carbocycles. The van der Waals surface area contributed by atoms with Gasteiger partial charge in [-0.15, -0.1) is 0 Å². The first-order valence-corrected chi connectivity index (χ1v) is 18.4. The third-order valence-corrected chi connectivity index (χ3v) is 11.6. The van der Waals surface area contributed by atoms with Crippen LogP contribution in [-0.2, 0) is 20.4 Å². The minimum Gasteiger partial charge on any atom is -0.497 e. The molecule has 262 valence electrons. The lowest BCUT2D eigenvalue weighted by molar-refractivity contribution is 0.167. The molecule has 6 rings (SSSR count). The highest BCUT2D eigenvalue weighted by atomic mass is 32.2. The van der Waals surface area contributed by atoms with Gasteiger partial charge in [-0.1, -0.05) is 36.4 Å². The summed E-state index contributed by atoms with van der Waals surface area (Å²) in [6, 6.07) is 28.2. The highest BCUT2D eigenvalue weighted by molar-refractivity contribution is 7.95. The summed E-state index contributed by atoms with van der Waals surface area (Å²) in [7, 11) is -2.70. The Kier molecular flexibility index (Phi) is 11.2. The summed E-state index contributed by atoms with van der Waals surface area (Å²) in [5, 5.41) is 21.9. The Bertz CT molecular complexity index is 1960. The van der Waals surface area contributed by atoms with Crippen molar-refractivity contribution >= 4 is 54.5 Å². The molecule has 0 bridgehead atoms. The van der Waals surface area contributed by atoms with Crippen molar-refractivity contribution in [3.8, 4) is 11.5 Å². The SMILES string of the molecule is CNC[C@@H](O)CCN1c2ccccc2N(c2cccc(OC)c2)S1(=O)=O.COc1cccc(N2c3ccccc3N(CCCO)S2(=O)=O)c1. The molecule has 3 N–H and O–H groups in total. The number of aliphatic hydroxyl groups is 2. The summed E-state index contributed by atoms with van der Waals surface area (Å²) in [5.74, 6) is 1.17. The average molecular weight is 712 g/mol. The van der Waals surface area contributed by atoms with Gasteiger partial charge in [-0.2, -0.15) is 16.8 Å². The molecule has 49 heavy (non-hydrogen) atoms. The van der Waals surface area contributed by atoms with E-state index in [0.29, 0.717) is 65.0 Å². The van der Waals surface area contributed by atoms with Gasteiger partial charge in [-0.3, -0.25) is 8.61 Å². The Balaban J connectivity index is 0.000000192. The summed E-state index contributed by atoms with van der Waals surface area (Å²) >= 11 is 0. The van der Waals surface area contributed by atoms with Crippen LogP contribution in [0.4, 0.5) is 34.1 Å². The second kappa shape index (κ2) is 15.3. The zero-order chi connectivity index (χ0) is 35.2. The molecule has 2 aliphatic rings. The Morgan fingerprint density at radius 1 is 0.673 bits per heavy atom.